The lowest BCUT2D eigenvalue weighted by molar-refractivity contribution is 0.396. The summed E-state index contributed by atoms with van der Waals surface area (Å²) in [5, 5.41) is 12.6. The van der Waals surface area contributed by atoms with Crippen molar-refractivity contribution in [3.63, 3.8) is 0 Å². The van der Waals surface area contributed by atoms with Gasteiger partial charge in [-0.1, -0.05) is 0 Å². The largest absolute Gasteiger partial charge is 0.382 e. The van der Waals surface area contributed by atoms with Gasteiger partial charge < -0.3 is 16.8 Å². The van der Waals surface area contributed by atoms with E-state index in [9.17, 15) is 0 Å². The molecule has 5 N–H and O–H groups in total. The molecule has 0 amide bonds. The molecule has 0 bridgehead atoms. The van der Waals surface area contributed by atoms with Crippen LogP contribution in [-0.2, 0) is 0 Å². The molecule has 0 radical (unpaired) electrons. The number of hydrogen-bond donors (Lipinski definition) is 3. The molecule has 2 aliphatic rings. The van der Waals surface area contributed by atoms with Gasteiger partial charge in [-0.25, -0.2) is 9.50 Å². The van der Waals surface area contributed by atoms with Crippen molar-refractivity contribution in [1.82, 2.24) is 14.6 Å². The van der Waals surface area contributed by atoms with Gasteiger partial charge in [-0.2, -0.15) is 11.3 Å². The lowest BCUT2D eigenvalue weighted by atomic mass is 9.81. The van der Waals surface area contributed by atoms with Crippen LogP contribution in [0.5, 0.6) is 0 Å². The van der Waals surface area contributed by atoms with Crippen molar-refractivity contribution in [2.24, 2.45) is 5.73 Å². The van der Waals surface area contributed by atoms with Gasteiger partial charge >= 0.3 is 0 Å². The van der Waals surface area contributed by atoms with Crippen molar-refractivity contribution in [3.05, 3.63) is 28.6 Å². The first-order valence-corrected chi connectivity index (χ1v) is 10.4. The van der Waals surface area contributed by atoms with Gasteiger partial charge in [0, 0.05) is 28.6 Å². The molecule has 0 atom stereocenters. The molecule has 0 unspecified atom stereocenters. The zero-order valence-corrected chi connectivity index (χ0v) is 15.5. The molecular weight excluding hydrogens is 344 g/mol. The van der Waals surface area contributed by atoms with Gasteiger partial charge in [0.05, 0.1) is 17.6 Å². The highest BCUT2D eigenvalue weighted by molar-refractivity contribution is 7.08. The Morgan fingerprint density at radius 1 is 1.15 bits per heavy atom. The summed E-state index contributed by atoms with van der Waals surface area (Å²) in [6, 6.07) is 2.95. The Labute approximate surface area is 156 Å². The number of rotatable bonds is 4. The second-order valence-corrected chi connectivity index (χ2v) is 8.38. The van der Waals surface area contributed by atoms with Gasteiger partial charge in [0.2, 0.25) is 0 Å². The van der Waals surface area contributed by atoms with Gasteiger partial charge in [-0.3, -0.25) is 0 Å². The number of aromatic nitrogens is 3. The maximum absolute atomic E-state index is 6.50. The minimum Gasteiger partial charge on any atom is -0.382 e. The predicted octanol–water partition coefficient (Wildman–Crippen LogP) is 3.60. The van der Waals surface area contributed by atoms with E-state index in [2.05, 4.69) is 22.1 Å². The second-order valence-electron chi connectivity index (χ2n) is 7.60. The first-order chi connectivity index (χ1) is 12.7. The smallest absolute Gasteiger partial charge is 0.178 e. The summed E-state index contributed by atoms with van der Waals surface area (Å²) < 4.78 is 1.90. The van der Waals surface area contributed by atoms with Crippen LogP contribution in [-0.4, -0.2) is 26.7 Å². The van der Waals surface area contributed by atoms with Gasteiger partial charge in [-0.05, 0) is 55.9 Å². The molecule has 6 nitrogen and oxygen atoms in total. The molecule has 0 aromatic carbocycles. The molecule has 26 heavy (non-hydrogen) atoms. The molecule has 0 aliphatic heterocycles. The summed E-state index contributed by atoms with van der Waals surface area (Å²) in [6.07, 6.45) is 8.56. The van der Waals surface area contributed by atoms with Crippen LogP contribution >= 0.6 is 11.3 Å². The van der Waals surface area contributed by atoms with Gasteiger partial charge in [0.1, 0.15) is 5.82 Å². The van der Waals surface area contributed by atoms with Crippen molar-refractivity contribution in [1.29, 1.82) is 0 Å². The minimum absolute atomic E-state index is 0.320. The summed E-state index contributed by atoms with van der Waals surface area (Å²) >= 11 is 1.67. The maximum atomic E-state index is 6.50. The fourth-order valence-corrected chi connectivity index (χ4v) is 4.68. The molecule has 3 aromatic rings. The van der Waals surface area contributed by atoms with Gasteiger partial charge in [0.25, 0.3) is 0 Å². The van der Waals surface area contributed by atoms with Crippen molar-refractivity contribution >= 4 is 28.5 Å². The number of hydrogen-bond acceptors (Lipinski definition) is 6. The number of nitrogens with zero attached hydrogens (tertiary/aromatic N) is 3. The monoisotopic (exact) mass is 368 g/mol. The van der Waals surface area contributed by atoms with Crippen LogP contribution in [0, 0.1) is 0 Å². The third-order valence-corrected chi connectivity index (χ3v) is 6.32. The van der Waals surface area contributed by atoms with E-state index in [1.807, 2.05) is 10.7 Å². The number of nitrogens with one attached hydrogen (secondary N) is 1. The molecule has 3 heterocycles. The SMILES string of the molecule is Nc1nn2c(-c3ccsc3)cnc2c(NC2CC2)c1C1CCC(N)CC1. The van der Waals surface area contributed by atoms with E-state index >= 15 is 0 Å². The summed E-state index contributed by atoms with van der Waals surface area (Å²) in [5.74, 6) is 1.03. The van der Waals surface area contributed by atoms with Crippen LogP contribution in [0.15, 0.2) is 23.0 Å². The fraction of sp³-hybridized carbons (Fsp3) is 0.474. The normalized spacial score (nSPS) is 23.4. The highest BCUT2D eigenvalue weighted by Gasteiger charge is 2.30. The molecule has 136 valence electrons. The fourth-order valence-electron chi connectivity index (χ4n) is 4.03. The Bertz CT molecular complexity index is 919. The standard InChI is InChI=1S/C19H24N6S/c20-13-3-1-11(2-4-13)16-17(23-14-5-6-14)19-22-9-15(12-7-8-26-10-12)25(19)24-18(16)21/h7-11,13-14,23H,1-6,20H2,(H2,21,24). The van der Waals surface area contributed by atoms with Crippen molar-refractivity contribution in [3.8, 4) is 11.3 Å². The van der Waals surface area contributed by atoms with Crippen molar-refractivity contribution < 1.29 is 0 Å². The lowest BCUT2D eigenvalue weighted by Gasteiger charge is -2.29. The molecule has 2 fully saturated rings. The molecule has 2 aliphatic carbocycles. The number of nitrogens with two attached hydrogens (primary N) is 2. The van der Waals surface area contributed by atoms with Gasteiger partial charge in [-0.15, -0.1) is 5.10 Å². The third-order valence-electron chi connectivity index (χ3n) is 5.64. The highest BCUT2D eigenvalue weighted by atomic mass is 32.1. The molecule has 0 saturated heterocycles. The van der Waals surface area contributed by atoms with E-state index in [0.717, 1.165) is 53.8 Å². The first kappa shape index (κ1) is 16.1. The Kier molecular flexibility index (Phi) is 3.86. The van der Waals surface area contributed by atoms with E-state index in [4.69, 9.17) is 21.5 Å². The van der Waals surface area contributed by atoms with Crippen molar-refractivity contribution in [2.75, 3.05) is 11.1 Å². The average molecular weight is 369 g/mol. The molecule has 3 aromatic heterocycles. The predicted molar refractivity (Wildman–Crippen MR) is 107 cm³/mol. The average Bonchev–Trinajstić information content (AvgIpc) is 3.12. The Hall–Kier alpha value is -2.12. The van der Waals surface area contributed by atoms with Crippen LogP contribution < -0.4 is 16.8 Å². The summed E-state index contributed by atoms with van der Waals surface area (Å²) in [4.78, 5) is 4.73. The Morgan fingerprint density at radius 2 is 1.96 bits per heavy atom. The van der Waals surface area contributed by atoms with Crippen LogP contribution in [0.25, 0.3) is 16.9 Å². The maximum Gasteiger partial charge on any atom is 0.178 e. The van der Waals surface area contributed by atoms with E-state index in [-0.39, 0.29) is 0 Å². The zero-order valence-electron chi connectivity index (χ0n) is 14.7. The zero-order chi connectivity index (χ0) is 17.7. The Morgan fingerprint density at radius 3 is 2.65 bits per heavy atom. The van der Waals surface area contributed by atoms with E-state index in [1.54, 1.807) is 11.3 Å². The lowest BCUT2D eigenvalue weighted by Crippen LogP contribution is -2.27. The van der Waals surface area contributed by atoms with E-state index in [1.165, 1.54) is 12.8 Å². The summed E-state index contributed by atoms with van der Waals surface area (Å²) in [5.41, 5.74) is 17.9. The van der Waals surface area contributed by atoms with Crippen LogP contribution in [0.4, 0.5) is 11.5 Å². The van der Waals surface area contributed by atoms with Gasteiger partial charge in [0.15, 0.2) is 5.65 Å². The molecule has 0 spiro atoms. The van der Waals surface area contributed by atoms with Crippen LogP contribution in [0.1, 0.15) is 50.0 Å². The van der Waals surface area contributed by atoms with Crippen molar-refractivity contribution in [2.45, 2.75) is 56.5 Å². The Balaban J connectivity index is 1.65. The van der Waals surface area contributed by atoms with Crippen LogP contribution in [0.3, 0.4) is 0 Å². The summed E-state index contributed by atoms with van der Waals surface area (Å²) in [7, 11) is 0. The summed E-state index contributed by atoms with van der Waals surface area (Å²) in [6.45, 7) is 0. The second kappa shape index (κ2) is 6.25. The highest BCUT2D eigenvalue weighted by Crippen LogP contribution is 2.42. The number of thiophene rings is 1. The first-order valence-electron chi connectivity index (χ1n) is 9.42. The minimum atomic E-state index is 0.320. The number of fused-ring (bicyclic) bond motifs is 1. The van der Waals surface area contributed by atoms with E-state index < -0.39 is 0 Å². The topological polar surface area (TPSA) is 94.3 Å². The number of imidazole rings is 1. The van der Waals surface area contributed by atoms with E-state index in [0.29, 0.717) is 23.8 Å². The molecule has 7 heteroatoms. The van der Waals surface area contributed by atoms with Crippen LogP contribution in [0.2, 0.25) is 0 Å². The molecule has 2 saturated carbocycles. The molecular formula is C19H24N6S. The quantitative estimate of drug-likeness (QED) is 0.654. The molecule has 5 rings (SSSR count). The third kappa shape index (κ3) is 2.75. The number of nitrogen functional groups attached to an aromatic ring is 1. The number of anilines is 2.